The number of nitriles is 1. The van der Waals surface area contributed by atoms with Gasteiger partial charge in [-0.05, 0) is 6.08 Å². The average molecular weight is 311 g/mol. The lowest BCUT2D eigenvalue weighted by Gasteiger charge is -2.20. The molecule has 11 heteroatoms. The monoisotopic (exact) mass is 311 g/mol. The van der Waals surface area contributed by atoms with Gasteiger partial charge in [0, 0.05) is 12.7 Å². The maximum absolute atomic E-state index is 11.9. The third-order valence-corrected chi connectivity index (χ3v) is 3.43. The predicted octanol–water partition coefficient (Wildman–Crippen LogP) is -0.550. The Balaban J connectivity index is 1.90. The topological polar surface area (TPSA) is 129 Å². The second-order valence-electron chi connectivity index (χ2n) is 4.50. The first-order valence-corrected chi connectivity index (χ1v) is 7.15. The fraction of sp³-hybridized carbons (Fsp3) is 0.300. The molecule has 2 amide bonds. The summed E-state index contributed by atoms with van der Waals surface area (Å²) in [5, 5.41) is 13.4. The molecule has 2 aliphatic heterocycles. The number of hydrogen-bond donors (Lipinski definition) is 1. The number of rotatable bonds is 3. The van der Waals surface area contributed by atoms with Crippen LogP contribution in [0.3, 0.4) is 0 Å². The van der Waals surface area contributed by atoms with Crippen molar-refractivity contribution in [3.63, 3.8) is 0 Å². The highest BCUT2D eigenvalue weighted by Gasteiger charge is 2.43. The summed E-state index contributed by atoms with van der Waals surface area (Å²) < 4.78 is 35.9. The zero-order chi connectivity index (χ0) is 15.2. The number of carbonyl (C=O) groups is 1. The molecule has 3 rings (SSSR count). The van der Waals surface area contributed by atoms with Crippen molar-refractivity contribution in [3.05, 3.63) is 24.0 Å². The van der Waals surface area contributed by atoms with Crippen LogP contribution in [0.15, 0.2) is 18.5 Å². The molecule has 1 aromatic heterocycles. The van der Waals surface area contributed by atoms with E-state index in [9.17, 15) is 13.2 Å². The number of nitrogens with zero attached hydrogens (tertiary/aromatic N) is 5. The molecule has 2 bridgehead atoms. The highest BCUT2D eigenvalue weighted by Crippen LogP contribution is 2.27. The van der Waals surface area contributed by atoms with Crippen molar-refractivity contribution in [1.29, 1.82) is 5.26 Å². The Morgan fingerprint density at radius 3 is 2.90 bits per heavy atom. The molecule has 10 nitrogen and oxygen atoms in total. The lowest BCUT2D eigenvalue weighted by molar-refractivity contribution is -0.0183. The molecular weight excluding hydrogens is 302 g/mol. The summed E-state index contributed by atoms with van der Waals surface area (Å²) >= 11 is 0. The standard InChI is InChI=1S/C10H9N5O5S/c11-2-7-3-12-14(4-7)8-1-9-6-13(5-8)10(16)15(9)20-21(17,18)19/h1,3-4,9H,5-6H2,(H,17,18,19). The summed E-state index contributed by atoms with van der Waals surface area (Å²) in [7, 11) is -4.78. The summed E-state index contributed by atoms with van der Waals surface area (Å²) in [5.41, 5.74) is 0.962. The van der Waals surface area contributed by atoms with Crippen molar-refractivity contribution >= 4 is 22.1 Å². The Bertz CT molecular complexity index is 776. The minimum Gasteiger partial charge on any atom is -0.314 e. The van der Waals surface area contributed by atoms with Gasteiger partial charge in [0.05, 0.1) is 24.0 Å². The van der Waals surface area contributed by atoms with E-state index in [0.717, 1.165) is 0 Å². The second kappa shape index (κ2) is 4.55. The van der Waals surface area contributed by atoms with Gasteiger partial charge in [-0.1, -0.05) is 0 Å². The molecular formula is C10H9N5O5S. The number of carbonyl (C=O) groups excluding carboxylic acids is 1. The van der Waals surface area contributed by atoms with Gasteiger partial charge in [-0.25, -0.2) is 9.48 Å². The summed E-state index contributed by atoms with van der Waals surface area (Å²) in [6.07, 6.45) is 4.47. The molecule has 21 heavy (non-hydrogen) atoms. The molecule has 1 aromatic rings. The summed E-state index contributed by atoms with van der Waals surface area (Å²) in [4.78, 5) is 13.3. The highest BCUT2D eigenvalue weighted by molar-refractivity contribution is 7.80. The van der Waals surface area contributed by atoms with E-state index in [4.69, 9.17) is 9.81 Å². The van der Waals surface area contributed by atoms with Crippen LogP contribution in [-0.2, 0) is 14.7 Å². The van der Waals surface area contributed by atoms with E-state index in [0.29, 0.717) is 16.3 Å². The van der Waals surface area contributed by atoms with Crippen LogP contribution in [-0.4, -0.2) is 57.9 Å². The summed E-state index contributed by atoms with van der Waals surface area (Å²) in [6, 6.07) is 0.596. The van der Waals surface area contributed by atoms with Gasteiger partial charge >= 0.3 is 16.4 Å². The van der Waals surface area contributed by atoms with Crippen molar-refractivity contribution < 1.29 is 22.0 Å². The van der Waals surface area contributed by atoms with Crippen LogP contribution in [0.1, 0.15) is 5.56 Å². The fourth-order valence-corrected chi connectivity index (χ4v) is 2.63. The van der Waals surface area contributed by atoms with E-state index in [1.54, 1.807) is 6.08 Å². The Hall–Kier alpha value is -2.42. The SMILES string of the molecule is N#Cc1cnn(C2=CC3CN(C2)C(=O)N3OS(=O)(=O)O)c1. The van der Waals surface area contributed by atoms with Crippen LogP contribution < -0.4 is 0 Å². The minimum atomic E-state index is -4.78. The van der Waals surface area contributed by atoms with Crippen molar-refractivity contribution in [2.45, 2.75) is 6.04 Å². The molecule has 0 saturated carbocycles. The Kier molecular flexibility index (Phi) is 2.94. The molecule has 3 heterocycles. The maximum atomic E-state index is 11.9. The summed E-state index contributed by atoms with van der Waals surface area (Å²) in [6.45, 7) is 0.428. The molecule has 2 aliphatic rings. The van der Waals surface area contributed by atoms with Crippen molar-refractivity contribution in [1.82, 2.24) is 19.7 Å². The highest BCUT2D eigenvalue weighted by atomic mass is 32.3. The molecule has 1 unspecified atom stereocenters. The van der Waals surface area contributed by atoms with Crippen LogP contribution in [0.25, 0.3) is 5.70 Å². The molecule has 1 N–H and O–H groups in total. The van der Waals surface area contributed by atoms with Gasteiger partial charge in [0.15, 0.2) is 0 Å². The zero-order valence-electron chi connectivity index (χ0n) is 10.4. The number of hydroxylamine groups is 2. The first kappa shape index (κ1) is 13.6. The Morgan fingerprint density at radius 2 is 2.29 bits per heavy atom. The van der Waals surface area contributed by atoms with Crippen molar-refractivity contribution in [3.8, 4) is 6.07 Å². The Morgan fingerprint density at radius 1 is 1.52 bits per heavy atom. The van der Waals surface area contributed by atoms with E-state index in [1.165, 1.54) is 22.0 Å². The van der Waals surface area contributed by atoms with Gasteiger partial charge in [-0.2, -0.15) is 23.8 Å². The molecule has 0 spiro atoms. The molecule has 0 aliphatic carbocycles. The van der Waals surface area contributed by atoms with Gasteiger partial charge in [0.25, 0.3) is 0 Å². The van der Waals surface area contributed by atoms with Gasteiger partial charge in [-0.15, -0.1) is 4.28 Å². The maximum Gasteiger partial charge on any atom is 0.418 e. The van der Waals surface area contributed by atoms with Crippen LogP contribution in [0.5, 0.6) is 0 Å². The van der Waals surface area contributed by atoms with E-state index in [2.05, 4.69) is 9.38 Å². The van der Waals surface area contributed by atoms with Crippen LogP contribution in [0.4, 0.5) is 4.79 Å². The van der Waals surface area contributed by atoms with E-state index in [1.807, 2.05) is 6.07 Å². The molecule has 1 saturated heterocycles. The predicted molar refractivity (Wildman–Crippen MR) is 66.4 cm³/mol. The number of fused-ring (bicyclic) bond motifs is 2. The van der Waals surface area contributed by atoms with Crippen LogP contribution in [0, 0.1) is 11.3 Å². The van der Waals surface area contributed by atoms with Crippen molar-refractivity contribution in [2.24, 2.45) is 0 Å². The quantitative estimate of drug-likeness (QED) is 0.741. The minimum absolute atomic E-state index is 0.188. The molecule has 0 aromatic carbocycles. The number of aromatic nitrogens is 2. The first-order chi connectivity index (χ1) is 9.87. The van der Waals surface area contributed by atoms with E-state index < -0.39 is 22.5 Å². The molecule has 1 fully saturated rings. The van der Waals surface area contributed by atoms with E-state index >= 15 is 0 Å². The third kappa shape index (κ3) is 2.47. The third-order valence-electron chi connectivity index (χ3n) is 3.09. The van der Waals surface area contributed by atoms with Crippen LogP contribution in [0.2, 0.25) is 0 Å². The van der Waals surface area contributed by atoms with Gasteiger partial charge in [-0.3, -0.25) is 4.55 Å². The van der Waals surface area contributed by atoms with Gasteiger partial charge in [0.2, 0.25) is 0 Å². The van der Waals surface area contributed by atoms with E-state index in [-0.39, 0.29) is 13.1 Å². The van der Waals surface area contributed by atoms with Crippen LogP contribution >= 0.6 is 0 Å². The second-order valence-corrected chi connectivity index (χ2v) is 5.51. The van der Waals surface area contributed by atoms with Gasteiger partial charge in [0.1, 0.15) is 12.1 Å². The average Bonchev–Trinajstić information content (AvgIpc) is 2.97. The number of hydrogen-bond acceptors (Lipinski definition) is 6. The smallest absolute Gasteiger partial charge is 0.314 e. The fourth-order valence-electron chi connectivity index (χ4n) is 2.26. The lowest BCUT2D eigenvalue weighted by atomic mass is 10.2. The normalized spacial score (nSPS) is 21.4. The number of urea groups is 1. The first-order valence-electron chi connectivity index (χ1n) is 5.78. The molecule has 1 atom stereocenters. The molecule has 110 valence electrons. The summed E-state index contributed by atoms with van der Waals surface area (Å²) in [5.74, 6) is 0. The largest absolute Gasteiger partial charge is 0.418 e. The lowest BCUT2D eigenvalue weighted by Crippen LogP contribution is -2.35. The van der Waals surface area contributed by atoms with Gasteiger partial charge < -0.3 is 4.90 Å². The number of amides is 2. The molecule has 0 radical (unpaired) electrons. The Labute approximate surface area is 119 Å². The zero-order valence-corrected chi connectivity index (χ0v) is 11.3. The van der Waals surface area contributed by atoms with Crippen molar-refractivity contribution in [2.75, 3.05) is 13.1 Å².